The van der Waals surface area contributed by atoms with Crippen LogP contribution in [0.15, 0.2) is 83.8 Å². The number of aromatic nitrogens is 4. The maximum atomic E-state index is 13.8. The Morgan fingerprint density at radius 1 is 1.03 bits per heavy atom. The molecule has 1 amide bonds. The number of amides is 1. The monoisotopic (exact) mass is 481 g/mol. The molecular formula is C28H24FN5O2. The Kier molecular flexibility index (Phi) is 6.16. The van der Waals surface area contributed by atoms with Gasteiger partial charge in [0.05, 0.1) is 28.7 Å². The van der Waals surface area contributed by atoms with Crippen LogP contribution in [0, 0.1) is 12.7 Å². The van der Waals surface area contributed by atoms with Gasteiger partial charge in [-0.3, -0.25) is 9.59 Å². The van der Waals surface area contributed by atoms with Gasteiger partial charge in [-0.1, -0.05) is 42.0 Å². The molecule has 36 heavy (non-hydrogen) atoms. The minimum atomic E-state index is -0.352. The summed E-state index contributed by atoms with van der Waals surface area (Å²) in [5.41, 5.74) is 3.75. The number of rotatable bonds is 6. The minimum absolute atomic E-state index is 0.129. The van der Waals surface area contributed by atoms with Crippen LogP contribution in [0.2, 0.25) is 0 Å². The number of hydrogen-bond acceptors (Lipinski definition) is 4. The lowest BCUT2D eigenvalue weighted by molar-refractivity contribution is 0.0749. The number of para-hydroxylation sites is 1. The van der Waals surface area contributed by atoms with Crippen LogP contribution in [0.3, 0.4) is 0 Å². The van der Waals surface area contributed by atoms with Gasteiger partial charge in [0, 0.05) is 18.3 Å². The zero-order valence-corrected chi connectivity index (χ0v) is 19.9. The number of halogens is 1. The number of carbonyl (C=O) groups excluding carboxylic acids is 1. The Labute approximate surface area is 206 Å². The van der Waals surface area contributed by atoms with E-state index >= 15 is 0 Å². The fourth-order valence-corrected chi connectivity index (χ4v) is 4.07. The second-order valence-corrected chi connectivity index (χ2v) is 8.53. The van der Waals surface area contributed by atoms with Gasteiger partial charge in [-0.15, -0.1) is 0 Å². The number of H-pyrrole nitrogens is 1. The molecular weight excluding hydrogens is 457 g/mol. The van der Waals surface area contributed by atoms with E-state index in [1.54, 1.807) is 46.1 Å². The van der Waals surface area contributed by atoms with Crippen molar-refractivity contribution in [3.63, 3.8) is 0 Å². The lowest BCUT2D eigenvalue weighted by Gasteiger charge is -2.20. The van der Waals surface area contributed by atoms with Crippen molar-refractivity contribution in [3.8, 4) is 16.9 Å². The van der Waals surface area contributed by atoms with Gasteiger partial charge in [0.2, 0.25) is 0 Å². The van der Waals surface area contributed by atoms with Crippen molar-refractivity contribution in [2.45, 2.75) is 20.4 Å². The fourth-order valence-electron chi connectivity index (χ4n) is 4.07. The van der Waals surface area contributed by atoms with Crippen molar-refractivity contribution in [2.24, 2.45) is 0 Å². The Morgan fingerprint density at radius 2 is 1.75 bits per heavy atom. The zero-order chi connectivity index (χ0) is 25.2. The molecule has 2 aromatic heterocycles. The Hall–Kier alpha value is -4.59. The molecule has 3 aromatic carbocycles. The standard InChI is InChI=1S/C28H24FN5O2/c1-3-33(17-25-30-24-7-5-4-6-22(24)27(35)31-25)28(36)23-16-34(21-14-12-20(29)13-15-21)32-26(23)19-10-8-18(2)9-11-19/h4-16H,3,17H2,1-2H3,(H,30,31,35). The molecule has 0 fully saturated rings. The van der Waals surface area contributed by atoms with E-state index in [-0.39, 0.29) is 23.8 Å². The van der Waals surface area contributed by atoms with E-state index in [0.717, 1.165) is 11.1 Å². The smallest absolute Gasteiger partial charge is 0.258 e. The van der Waals surface area contributed by atoms with E-state index in [1.807, 2.05) is 44.2 Å². The highest BCUT2D eigenvalue weighted by molar-refractivity contribution is 6.00. The number of hydrogen-bond donors (Lipinski definition) is 1. The number of fused-ring (bicyclic) bond motifs is 1. The molecule has 5 aromatic rings. The molecule has 7 nitrogen and oxygen atoms in total. The quantitative estimate of drug-likeness (QED) is 0.375. The molecule has 0 bridgehead atoms. The first-order valence-electron chi connectivity index (χ1n) is 11.6. The van der Waals surface area contributed by atoms with E-state index < -0.39 is 0 Å². The lowest BCUT2D eigenvalue weighted by atomic mass is 10.1. The molecule has 0 unspecified atom stereocenters. The summed E-state index contributed by atoms with van der Waals surface area (Å²) < 4.78 is 15.1. The average molecular weight is 482 g/mol. The average Bonchev–Trinajstić information content (AvgIpc) is 3.33. The normalized spacial score (nSPS) is 11.1. The first kappa shape index (κ1) is 23.2. The van der Waals surface area contributed by atoms with Crippen LogP contribution in [0.4, 0.5) is 4.39 Å². The summed E-state index contributed by atoms with van der Waals surface area (Å²) in [4.78, 5) is 35.2. The van der Waals surface area contributed by atoms with Gasteiger partial charge in [0.1, 0.15) is 17.3 Å². The highest BCUT2D eigenvalue weighted by atomic mass is 19.1. The molecule has 0 atom stereocenters. The SMILES string of the molecule is CCN(Cc1nc2ccccc2c(=O)[nH]1)C(=O)c1cn(-c2ccc(F)cc2)nc1-c1ccc(C)cc1. The summed E-state index contributed by atoms with van der Waals surface area (Å²) in [6.07, 6.45) is 1.66. The number of benzene rings is 3. The van der Waals surface area contributed by atoms with Crippen LogP contribution in [0.5, 0.6) is 0 Å². The molecule has 0 aliphatic heterocycles. The molecule has 0 saturated heterocycles. The summed E-state index contributed by atoms with van der Waals surface area (Å²) in [5, 5.41) is 5.18. The van der Waals surface area contributed by atoms with Crippen molar-refractivity contribution in [2.75, 3.05) is 6.54 Å². The van der Waals surface area contributed by atoms with Crippen LogP contribution >= 0.6 is 0 Å². The second-order valence-electron chi connectivity index (χ2n) is 8.53. The number of aryl methyl sites for hydroxylation is 1. The second kappa shape index (κ2) is 9.58. The van der Waals surface area contributed by atoms with Gasteiger partial charge >= 0.3 is 0 Å². The molecule has 1 N–H and O–H groups in total. The number of carbonyl (C=O) groups is 1. The molecule has 180 valence electrons. The van der Waals surface area contributed by atoms with Crippen LogP contribution in [0.25, 0.3) is 27.8 Å². The third kappa shape index (κ3) is 4.53. The first-order valence-corrected chi connectivity index (χ1v) is 11.6. The van der Waals surface area contributed by atoms with Gasteiger partial charge in [0.15, 0.2) is 0 Å². The molecule has 0 aliphatic carbocycles. The van der Waals surface area contributed by atoms with E-state index in [4.69, 9.17) is 0 Å². The van der Waals surface area contributed by atoms with Crippen LogP contribution in [-0.2, 0) is 6.54 Å². The lowest BCUT2D eigenvalue weighted by Crippen LogP contribution is -2.32. The molecule has 0 spiro atoms. The van der Waals surface area contributed by atoms with Crippen molar-refractivity contribution < 1.29 is 9.18 Å². The van der Waals surface area contributed by atoms with Gasteiger partial charge in [-0.25, -0.2) is 14.1 Å². The van der Waals surface area contributed by atoms with Crippen molar-refractivity contribution >= 4 is 16.8 Å². The molecule has 8 heteroatoms. The van der Waals surface area contributed by atoms with Gasteiger partial charge < -0.3 is 9.88 Å². The number of aromatic amines is 1. The summed E-state index contributed by atoms with van der Waals surface area (Å²) in [6, 6.07) is 20.8. The Bertz CT molecular complexity index is 1600. The van der Waals surface area contributed by atoms with E-state index in [2.05, 4.69) is 15.1 Å². The van der Waals surface area contributed by atoms with Crippen LogP contribution in [0.1, 0.15) is 28.7 Å². The van der Waals surface area contributed by atoms with E-state index in [9.17, 15) is 14.0 Å². The third-order valence-electron chi connectivity index (χ3n) is 6.03. The number of nitrogens with one attached hydrogen (secondary N) is 1. The van der Waals surface area contributed by atoms with Gasteiger partial charge in [-0.2, -0.15) is 5.10 Å². The largest absolute Gasteiger partial charge is 0.331 e. The van der Waals surface area contributed by atoms with Gasteiger partial charge in [-0.05, 0) is 50.2 Å². The van der Waals surface area contributed by atoms with Crippen molar-refractivity contribution in [1.29, 1.82) is 0 Å². The third-order valence-corrected chi connectivity index (χ3v) is 6.03. The van der Waals surface area contributed by atoms with Gasteiger partial charge in [0.25, 0.3) is 11.5 Å². The molecule has 0 saturated carbocycles. The predicted molar refractivity (Wildman–Crippen MR) is 136 cm³/mol. The molecule has 0 aliphatic rings. The predicted octanol–water partition coefficient (Wildman–Crippen LogP) is 4.89. The molecule has 0 radical (unpaired) electrons. The molecule has 5 rings (SSSR count). The van der Waals surface area contributed by atoms with Crippen molar-refractivity contribution in [3.05, 3.63) is 112 Å². The maximum Gasteiger partial charge on any atom is 0.258 e. The molecule has 2 heterocycles. The topological polar surface area (TPSA) is 83.9 Å². The first-order chi connectivity index (χ1) is 17.4. The Balaban J connectivity index is 1.54. The highest BCUT2D eigenvalue weighted by Crippen LogP contribution is 2.26. The van der Waals surface area contributed by atoms with Crippen LogP contribution < -0.4 is 5.56 Å². The summed E-state index contributed by atoms with van der Waals surface area (Å²) in [6.45, 7) is 4.38. The summed E-state index contributed by atoms with van der Waals surface area (Å²) in [5.74, 6) is -0.205. The summed E-state index contributed by atoms with van der Waals surface area (Å²) in [7, 11) is 0. The minimum Gasteiger partial charge on any atom is -0.331 e. The van der Waals surface area contributed by atoms with E-state index in [0.29, 0.717) is 40.2 Å². The number of nitrogens with zero attached hydrogens (tertiary/aromatic N) is 4. The zero-order valence-electron chi connectivity index (χ0n) is 19.9. The van der Waals surface area contributed by atoms with E-state index in [1.165, 1.54) is 12.1 Å². The fraction of sp³-hybridized carbons (Fsp3) is 0.143. The highest BCUT2D eigenvalue weighted by Gasteiger charge is 2.24. The Morgan fingerprint density at radius 3 is 2.47 bits per heavy atom. The maximum absolute atomic E-state index is 13.8. The van der Waals surface area contributed by atoms with Crippen molar-refractivity contribution in [1.82, 2.24) is 24.6 Å². The van der Waals surface area contributed by atoms with Crippen LogP contribution in [-0.4, -0.2) is 37.1 Å². The summed E-state index contributed by atoms with van der Waals surface area (Å²) >= 11 is 0.